The Hall–Kier alpha value is -2.60. The Morgan fingerprint density at radius 3 is 2.75 bits per heavy atom. The number of hydrogen-bond acceptors (Lipinski definition) is 4. The number of benzene rings is 1. The van der Waals surface area contributed by atoms with Crippen molar-refractivity contribution >= 4 is 17.7 Å². The summed E-state index contributed by atoms with van der Waals surface area (Å²) >= 11 is 1.70. The van der Waals surface area contributed by atoms with Gasteiger partial charge in [0.25, 0.3) is 5.91 Å². The van der Waals surface area contributed by atoms with E-state index in [0.29, 0.717) is 17.9 Å². The van der Waals surface area contributed by atoms with Crippen molar-refractivity contribution in [1.82, 2.24) is 20.3 Å². The lowest BCUT2D eigenvalue weighted by Crippen LogP contribution is -2.31. The topological polar surface area (TPSA) is 70.7 Å². The van der Waals surface area contributed by atoms with E-state index in [4.69, 9.17) is 0 Å². The molecule has 3 aromatic rings. The predicted molar refractivity (Wildman–Crippen MR) is 95.1 cm³/mol. The van der Waals surface area contributed by atoms with E-state index in [1.165, 1.54) is 4.90 Å². The molecular formula is C18H16N4OS. The zero-order valence-corrected chi connectivity index (χ0v) is 14.0. The lowest BCUT2D eigenvalue weighted by molar-refractivity contribution is 0.0946. The van der Waals surface area contributed by atoms with E-state index in [0.717, 1.165) is 29.1 Å². The molecule has 0 spiro atoms. The number of rotatable bonds is 3. The highest BCUT2D eigenvalue weighted by Crippen LogP contribution is 2.25. The van der Waals surface area contributed by atoms with Gasteiger partial charge >= 0.3 is 0 Å². The number of hydrogen-bond donors (Lipinski definition) is 2. The normalized spacial score (nSPS) is 13.5. The molecule has 3 heterocycles. The van der Waals surface area contributed by atoms with Crippen LogP contribution in [0.25, 0.3) is 22.8 Å². The van der Waals surface area contributed by atoms with Crippen molar-refractivity contribution in [3.8, 4) is 22.8 Å². The first-order valence-electron chi connectivity index (χ1n) is 7.72. The van der Waals surface area contributed by atoms with Crippen molar-refractivity contribution < 1.29 is 4.79 Å². The summed E-state index contributed by atoms with van der Waals surface area (Å²) in [5.41, 5.74) is 4.29. The fourth-order valence-electron chi connectivity index (χ4n) is 2.82. The molecule has 0 radical (unpaired) electrons. The Balaban J connectivity index is 1.71. The highest BCUT2D eigenvalue weighted by molar-refractivity contribution is 7.98. The number of carbonyl (C=O) groups is 1. The molecular weight excluding hydrogens is 320 g/mol. The number of nitrogens with one attached hydrogen (secondary N) is 2. The van der Waals surface area contributed by atoms with Gasteiger partial charge in [-0.25, -0.2) is 9.97 Å². The van der Waals surface area contributed by atoms with Gasteiger partial charge in [0.05, 0.1) is 17.0 Å². The Bertz CT molecular complexity index is 902. The van der Waals surface area contributed by atoms with E-state index >= 15 is 0 Å². The van der Waals surface area contributed by atoms with Gasteiger partial charge in [0.2, 0.25) is 0 Å². The average Bonchev–Trinajstić information content (AvgIpc) is 3.08. The standard InChI is InChI=1S/C18H16N4OS/c1-24-12-4-2-11(3-5-12)17-19-8-7-15(22-17)16-10-13-14(21-16)6-9-20-18(13)23/h2-5,7-8,10,21H,6,9H2,1H3,(H,20,23). The molecule has 5 nitrogen and oxygen atoms in total. The van der Waals surface area contributed by atoms with E-state index in [-0.39, 0.29) is 5.91 Å². The third-order valence-electron chi connectivity index (χ3n) is 4.08. The lowest BCUT2D eigenvalue weighted by Gasteiger charge is -2.10. The summed E-state index contributed by atoms with van der Waals surface area (Å²) in [5, 5.41) is 2.86. The number of fused-ring (bicyclic) bond motifs is 1. The molecule has 0 bridgehead atoms. The van der Waals surface area contributed by atoms with Gasteiger partial charge in [-0.1, -0.05) is 12.1 Å². The lowest BCUT2D eigenvalue weighted by atomic mass is 10.1. The summed E-state index contributed by atoms with van der Waals surface area (Å²) in [6.45, 7) is 0.669. The van der Waals surface area contributed by atoms with Gasteiger partial charge in [-0.05, 0) is 30.5 Å². The maximum atomic E-state index is 11.9. The Morgan fingerprint density at radius 1 is 1.17 bits per heavy atom. The Labute approximate surface area is 143 Å². The van der Waals surface area contributed by atoms with Gasteiger partial charge in [0.1, 0.15) is 0 Å². The van der Waals surface area contributed by atoms with Crippen LogP contribution in [-0.4, -0.2) is 33.7 Å². The summed E-state index contributed by atoms with van der Waals surface area (Å²) in [7, 11) is 0. The molecule has 24 heavy (non-hydrogen) atoms. The van der Waals surface area contributed by atoms with Gasteiger partial charge in [-0.3, -0.25) is 4.79 Å². The summed E-state index contributed by atoms with van der Waals surface area (Å²) in [5.74, 6) is 0.651. The van der Waals surface area contributed by atoms with Crippen molar-refractivity contribution in [3.05, 3.63) is 53.9 Å². The molecule has 2 aromatic heterocycles. The molecule has 6 heteroatoms. The number of thioether (sulfide) groups is 1. The molecule has 0 saturated heterocycles. The second-order valence-electron chi connectivity index (χ2n) is 5.58. The quantitative estimate of drug-likeness (QED) is 0.721. The van der Waals surface area contributed by atoms with Crippen molar-refractivity contribution in [2.45, 2.75) is 11.3 Å². The van der Waals surface area contributed by atoms with Gasteiger partial charge in [-0.15, -0.1) is 11.8 Å². The first-order valence-corrected chi connectivity index (χ1v) is 8.95. The van der Waals surface area contributed by atoms with Gasteiger partial charge in [0.15, 0.2) is 5.82 Å². The number of aromatic amines is 1. The Morgan fingerprint density at radius 2 is 2.00 bits per heavy atom. The van der Waals surface area contributed by atoms with Crippen LogP contribution in [0.4, 0.5) is 0 Å². The van der Waals surface area contributed by atoms with Gasteiger partial charge in [0, 0.05) is 35.3 Å². The van der Waals surface area contributed by atoms with E-state index in [9.17, 15) is 4.79 Å². The number of amides is 1. The maximum Gasteiger partial charge on any atom is 0.253 e. The van der Waals surface area contributed by atoms with Gasteiger partial charge < -0.3 is 10.3 Å². The van der Waals surface area contributed by atoms with E-state index in [2.05, 4.69) is 38.7 Å². The van der Waals surface area contributed by atoms with Crippen LogP contribution in [0.1, 0.15) is 16.1 Å². The third kappa shape index (κ3) is 2.69. The zero-order chi connectivity index (χ0) is 16.5. The third-order valence-corrected chi connectivity index (χ3v) is 4.83. The minimum absolute atomic E-state index is 0.0271. The van der Waals surface area contributed by atoms with E-state index in [1.807, 2.05) is 24.3 Å². The largest absolute Gasteiger partial charge is 0.356 e. The van der Waals surface area contributed by atoms with Crippen molar-refractivity contribution in [2.24, 2.45) is 0 Å². The molecule has 1 amide bonds. The highest BCUT2D eigenvalue weighted by Gasteiger charge is 2.20. The second kappa shape index (κ2) is 6.13. The molecule has 4 rings (SSSR count). The van der Waals surface area contributed by atoms with E-state index < -0.39 is 0 Å². The van der Waals surface area contributed by atoms with Crippen LogP contribution < -0.4 is 5.32 Å². The minimum Gasteiger partial charge on any atom is -0.356 e. The fraction of sp³-hybridized carbons (Fsp3) is 0.167. The monoisotopic (exact) mass is 336 g/mol. The highest BCUT2D eigenvalue weighted by atomic mass is 32.2. The SMILES string of the molecule is CSc1ccc(-c2nccc(-c3cc4c([nH]3)CCNC4=O)n2)cc1. The van der Waals surface area contributed by atoms with Crippen LogP contribution in [0.5, 0.6) is 0 Å². The summed E-state index contributed by atoms with van der Waals surface area (Å²) in [6, 6.07) is 11.9. The van der Waals surface area contributed by atoms with Crippen molar-refractivity contribution in [1.29, 1.82) is 0 Å². The maximum absolute atomic E-state index is 11.9. The smallest absolute Gasteiger partial charge is 0.253 e. The molecule has 0 aliphatic carbocycles. The summed E-state index contributed by atoms with van der Waals surface area (Å²) in [4.78, 5) is 25.5. The zero-order valence-electron chi connectivity index (χ0n) is 13.2. The molecule has 120 valence electrons. The molecule has 0 saturated carbocycles. The average molecular weight is 336 g/mol. The summed E-state index contributed by atoms with van der Waals surface area (Å²) in [6.07, 6.45) is 4.62. The first kappa shape index (κ1) is 15.0. The number of nitrogens with zero attached hydrogens (tertiary/aromatic N) is 2. The van der Waals surface area contributed by atoms with Crippen molar-refractivity contribution in [3.63, 3.8) is 0 Å². The number of carbonyl (C=O) groups excluding carboxylic acids is 1. The molecule has 1 aromatic carbocycles. The molecule has 1 aliphatic heterocycles. The van der Waals surface area contributed by atoms with Crippen LogP contribution in [0, 0.1) is 0 Å². The molecule has 0 unspecified atom stereocenters. The molecule has 1 aliphatic rings. The van der Waals surface area contributed by atoms with Crippen LogP contribution in [-0.2, 0) is 6.42 Å². The number of aromatic nitrogens is 3. The Kier molecular flexibility index (Phi) is 3.82. The second-order valence-corrected chi connectivity index (χ2v) is 6.45. The van der Waals surface area contributed by atoms with Crippen LogP contribution >= 0.6 is 11.8 Å². The van der Waals surface area contributed by atoms with Crippen molar-refractivity contribution in [2.75, 3.05) is 12.8 Å². The first-order chi connectivity index (χ1) is 11.7. The van der Waals surface area contributed by atoms with Crippen LogP contribution in [0.3, 0.4) is 0 Å². The van der Waals surface area contributed by atoms with Crippen LogP contribution in [0.2, 0.25) is 0 Å². The van der Waals surface area contributed by atoms with E-state index in [1.54, 1.807) is 18.0 Å². The summed E-state index contributed by atoms with van der Waals surface area (Å²) < 4.78 is 0. The molecule has 0 atom stereocenters. The molecule has 2 N–H and O–H groups in total. The predicted octanol–water partition coefficient (Wildman–Crippen LogP) is 3.15. The molecule has 0 fully saturated rings. The number of H-pyrrole nitrogens is 1. The van der Waals surface area contributed by atoms with Crippen LogP contribution in [0.15, 0.2) is 47.5 Å². The van der Waals surface area contributed by atoms with Gasteiger partial charge in [-0.2, -0.15) is 0 Å². The fourth-order valence-corrected chi connectivity index (χ4v) is 3.23. The minimum atomic E-state index is -0.0271.